The molecule has 1 aliphatic carbocycles. The average Bonchev–Trinajstić information content (AvgIpc) is 2.91. The maximum Gasteiger partial charge on any atom is 0.308 e. The molecule has 1 aromatic carbocycles. The van der Waals surface area contributed by atoms with Crippen LogP contribution in [0.15, 0.2) is 30.3 Å². The second-order valence-corrected chi connectivity index (χ2v) is 5.58. The van der Waals surface area contributed by atoms with Crippen molar-refractivity contribution in [1.29, 1.82) is 0 Å². The molecule has 3 rings (SSSR count). The van der Waals surface area contributed by atoms with Crippen molar-refractivity contribution in [2.24, 2.45) is 5.92 Å². The van der Waals surface area contributed by atoms with Crippen LogP contribution in [0.25, 0.3) is 10.9 Å². The minimum absolute atomic E-state index is 0.232. The molecule has 110 valence electrons. The van der Waals surface area contributed by atoms with E-state index in [1.54, 1.807) is 6.07 Å². The number of H-pyrrole nitrogens is 1. The number of aliphatic carboxylic acids is 1. The Balaban J connectivity index is 1.77. The van der Waals surface area contributed by atoms with Crippen molar-refractivity contribution < 1.29 is 14.7 Å². The summed E-state index contributed by atoms with van der Waals surface area (Å²) in [4.78, 5) is 26.6. The van der Waals surface area contributed by atoms with E-state index in [1.165, 1.54) is 0 Å². The summed E-state index contributed by atoms with van der Waals surface area (Å²) in [5.74, 6) is -1.53. The molecule has 0 aliphatic heterocycles. The van der Waals surface area contributed by atoms with E-state index in [2.05, 4.69) is 10.3 Å². The summed E-state index contributed by atoms with van der Waals surface area (Å²) >= 11 is 0. The molecule has 1 saturated carbocycles. The number of carbonyl (C=O) groups excluding carboxylic acids is 1. The highest BCUT2D eigenvalue weighted by molar-refractivity contribution is 5.98. The Morgan fingerprint density at radius 1 is 1.19 bits per heavy atom. The molecule has 1 heterocycles. The smallest absolute Gasteiger partial charge is 0.308 e. The first-order valence-corrected chi connectivity index (χ1v) is 7.26. The van der Waals surface area contributed by atoms with Crippen LogP contribution in [-0.4, -0.2) is 28.0 Å². The fourth-order valence-corrected chi connectivity index (χ4v) is 3.04. The molecule has 0 spiro atoms. The number of carboxylic acids is 1. The van der Waals surface area contributed by atoms with Crippen LogP contribution < -0.4 is 5.32 Å². The predicted molar refractivity (Wildman–Crippen MR) is 79.1 cm³/mol. The van der Waals surface area contributed by atoms with Gasteiger partial charge in [-0.25, -0.2) is 0 Å². The third-order valence-electron chi connectivity index (χ3n) is 4.17. The number of fused-ring (bicyclic) bond motifs is 1. The maximum absolute atomic E-state index is 12.3. The third kappa shape index (κ3) is 2.77. The second-order valence-electron chi connectivity index (χ2n) is 5.58. The number of amides is 1. The summed E-state index contributed by atoms with van der Waals surface area (Å²) in [6.45, 7) is 0. The van der Waals surface area contributed by atoms with Crippen molar-refractivity contribution in [3.63, 3.8) is 0 Å². The number of aromatic amines is 1. The largest absolute Gasteiger partial charge is 0.481 e. The first kappa shape index (κ1) is 13.7. The van der Waals surface area contributed by atoms with Crippen molar-refractivity contribution in [3.8, 4) is 0 Å². The zero-order valence-corrected chi connectivity index (χ0v) is 11.6. The molecule has 0 bridgehead atoms. The van der Waals surface area contributed by atoms with Gasteiger partial charge in [0, 0.05) is 16.9 Å². The molecular formula is C16H18N2O3. The van der Waals surface area contributed by atoms with Gasteiger partial charge in [-0.15, -0.1) is 0 Å². The predicted octanol–water partition coefficient (Wildman–Crippen LogP) is 2.54. The molecule has 1 aromatic heterocycles. The van der Waals surface area contributed by atoms with Crippen LogP contribution in [0.2, 0.25) is 0 Å². The van der Waals surface area contributed by atoms with E-state index in [0.717, 1.165) is 30.2 Å². The topological polar surface area (TPSA) is 82.2 Å². The van der Waals surface area contributed by atoms with Gasteiger partial charge in [0.25, 0.3) is 5.91 Å². The number of hydrogen-bond donors (Lipinski definition) is 3. The van der Waals surface area contributed by atoms with Gasteiger partial charge in [0.1, 0.15) is 5.69 Å². The van der Waals surface area contributed by atoms with E-state index in [0.29, 0.717) is 12.1 Å². The summed E-state index contributed by atoms with van der Waals surface area (Å²) in [5, 5.41) is 13.1. The van der Waals surface area contributed by atoms with Crippen LogP contribution >= 0.6 is 0 Å². The van der Waals surface area contributed by atoms with Crippen LogP contribution in [0.5, 0.6) is 0 Å². The van der Waals surface area contributed by atoms with Crippen LogP contribution in [-0.2, 0) is 4.79 Å². The van der Waals surface area contributed by atoms with Crippen molar-refractivity contribution in [1.82, 2.24) is 10.3 Å². The van der Waals surface area contributed by atoms with E-state index in [9.17, 15) is 14.7 Å². The van der Waals surface area contributed by atoms with Gasteiger partial charge in [-0.05, 0) is 25.0 Å². The number of carboxylic acid groups (broad SMARTS) is 1. The van der Waals surface area contributed by atoms with Gasteiger partial charge in [0.05, 0.1) is 5.92 Å². The summed E-state index contributed by atoms with van der Waals surface area (Å²) in [5.41, 5.74) is 1.38. The number of para-hydroxylation sites is 1. The fourth-order valence-electron chi connectivity index (χ4n) is 3.04. The molecule has 5 nitrogen and oxygen atoms in total. The monoisotopic (exact) mass is 286 g/mol. The SMILES string of the molecule is O=C(N[C@H]1CCCC[C@H]1C(=O)O)c1cc2ccccc2[nH]1. The quantitative estimate of drug-likeness (QED) is 0.811. The Kier molecular flexibility index (Phi) is 3.64. The van der Waals surface area contributed by atoms with Crippen molar-refractivity contribution in [2.75, 3.05) is 0 Å². The number of carbonyl (C=O) groups is 2. The highest BCUT2D eigenvalue weighted by Gasteiger charge is 2.32. The van der Waals surface area contributed by atoms with Gasteiger partial charge in [-0.2, -0.15) is 0 Å². The van der Waals surface area contributed by atoms with E-state index in [-0.39, 0.29) is 11.9 Å². The maximum atomic E-state index is 12.3. The molecule has 21 heavy (non-hydrogen) atoms. The molecule has 2 atom stereocenters. The molecule has 3 N–H and O–H groups in total. The number of hydrogen-bond acceptors (Lipinski definition) is 2. The molecule has 1 fully saturated rings. The van der Waals surface area contributed by atoms with Gasteiger partial charge < -0.3 is 15.4 Å². The lowest BCUT2D eigenvalue weighted by Gasteiger charge is -2.29. The number of aromatic nitrogens is 1. The minimum Gasteiger partial charge on any atom is -0.481 e. The van der Waals surface area contributed by atoms with Gasteiger partial charge in [-0.3, -0.25) is 9.59 Å². The summed E-state index contributed by atoms with van der Waals surface area (Å²) in [6.07, 6.45) is 3.23. The molecule has 1 aliphatic rings. The number of nitrogens with one attached hydrogen (secondary N) is 2. The molecule has 2 aromatic rings. The molecular weight excluding hydrogens is 268 g/mol. The van der Waals surface area contributed by atoms with Gasteiger partial charge in [0.2, 0.25) is 0 Å². The zero-order chi connectivity index (χ0) is 14.8. The number of benzene rings is 1. The summed E-state index contributed by atoms with van der Waals surface area (Å²) in [7, 11) is 0. The Labute approximate surface area is 122 Å². The highest BCUT2D eigenvalue weighted by Crippen LogP contribution is 2.25. The minimum atomic E-state index is -0.823. The molecule has 1 amide bonds. The van der Waals surface area contributed by atoms with Gasteiger partial charge >= 0.3 is 5.97 Å². The molecule has 0 saturated heterocycles. The molecule has 5 heteroatoms. The Morgan fingerprint density at radius 3 is 2.71 bits per heavy atom. The van der Waals surface area contributed by atoms with Crippen molar-refractivity contribution in [2.45, 2.75) is 31.7 Å². The fraction of sp³-hybridized carbons (Fsp3) is 0.375. The second kappa shape index (κ2) is 5.60. The normalized spacial score (nSPS) is 22.1. The highest BCUT2D eigenvalue weighted by atomic mass is 16.4. The lowest BCUT2D eigenvalue weighted by Crippen LogP contribution is -2.45. The summed E-state index contributed by atoms with van der Waals surface area (Å²) < 4.78 is 0. The first-order chi connectivity index (χ1) is 10.1. The standard InChI is InChI=1S/C16H18N2O3/c19-15(14-9-10-5-1-3-7-12(10)17-14)18-13-8-4-2-6-11(13)16(20)21/h1,3,5,7,9,11,13,17H,2,4,6,8H2,(H,18,19)(H,20,21)/t11-,13+/m1/s1. The Bertz CT molecular complexity index is 644. The molecule has 0 radical (unpaired) electrons. The zero-order valence-electron chi connectivity index (χ0n) is 11.6. The van der Waals surface area contributed by atoms with E-state index < -0.39 is 11.9 Å². The number of rotatable bonds is 3. The lowest BCUT2D eigenvalue weighted by atomic mass is 9.84. The summed E-state index contributed by atoms with van der Waals surface area (Å²) in [6, 6.07) is 9.18. The van der Waals surface area contributed by atoms with Gasteiger partial charge in [0.15, 0.2) is 0 Å². The van der Waals surface area contributed by atoms with Crippen molar-refractivity contribution >= 4 is 22.8 Å². The van der Waals surface area contributed by atoms with Gasteiger partial charge in [-0.1, -0.05) is 31.0 Å². The first-order valence-electron chi connectivity index (χ1n) is 7.26. The van der Waals surface area contributed by atoms with Crippen LogP contribution in [0.1, 0.15) is 36.2 Å². The third-order valence-corrected chi connectivity index (χ3v) is 4.17. The lowest BCUT2D eigenvalue weighted by molar-refractivity contribution is -0.143. The van der Waals surface area contributed by atoms with E-state index >= 15 is 0 Å². The molecule has 0 unspecified atom stereocenters. The van der Waals surface area contributed by atoms with Crippen LogP contribution in [0, 0.1) is 5.92 Å². The van der Waals surface area contributed by atoms with Crippen molar-refractivity contribution in [3.05, 3.63) is 36.0 Å². The average molecular weight is 286 g/mol. The Hall–Kier alpha value is -2.30. The Morgan fingerprint density at radius 2 is 1.95 bits per heavy atom. The van der Waals surface area contributed by atoms with E-state index in [1.807, 2.05) is 24.3 Å². The van der Waals surface area contributed by atoms with E-state index in [4.69, 9.17) is 0 Å². The van der Waals surface area contributed by atoms with Crippen LogP contribution in [0.4, 0.5) is 0 Å². The van der Waals surface area contributed by atoms with Crippen LogP contribution in [0.3, 0.4) is 0 Å².